The normalized spacial score (nSPS) is 14.1. The Bertz CT molecular complexity index is 727. The molecule has 0 spiro atoms. The molecule has 1 aromatic heterocycles. The van der Waals surface area contributed by atoms with Gasteiger partial charge in [-0.3, -0.25) is 0 Å². The van der Waals surface area contributed by atoms with E-state index in [-0.39, 0.29) is 5.69 Å². The zero-order valence-electron chi connectivity index (χ0n) is 11.6. The average molecular weight is 327 g/mol. The summed E-state index contributed by atoms with van der Waals surface area (Å²) >= 11 is 1.08. The lowest BCUT2D eigenvalue weighted by molar-refractivity contribution is -0.136. The van der Waals surface area contributed by atoms with Crippen molar-refractivity contribution < 1.29 is 13.2 Å². The second-order valence-corrected chi connectivity index (χ2v) is 5.99. The van der Waals surface area contributed by atoms with E-state index in [0.29, 0.717) is 22.1 Å². The number of thiophene rings is 1. The molecule has 0 aliphatic carbocycles. The Morgan fingerprint density at radius 3 is 2.73 bits per heavy atom. The third-order valence-electron chi connectivity index (χ3n) is 3.60. The number of likely N-dealkylation sites (N-methyl/N-ethyl adjacent to an activating group) is 1. The molecule has 0 bridgehead atoms. The quantitative estimate of drug-likeness (QED) is 0.816. The van der Waals surface area contributed by atoms with Gasteiger partial charge >= 0.3 is 6.18 Å². The molecule has 3 rings (SSSR count). The van der Waals surface area contributed by atoms with Gasteiger partial charge in [0.25, 0.3) is 0 Å². The molecule has 0 fully saturated rings. The maximum absolute atomic E-state index is 13.0. The molecular weight excluding hydrogens is 315 g/mol. The van der Waals surface area contributed by atoms with E-state index in [1.807, 2.05) is 11.9 Å². The molecule has 22 heavy (non-hydrogen) atoms. The van der Waals surface area contributed by atoms with Gasteiger partial charge in [0.2, 0.25) is 0 Å². The van der Waals surface area contributed by atoms with Gasteiger partial charge in [-0.05, 0) is 23.7 Å². The van der Waals surface area contributed by atoms with Crippen LogP contribution in [-0.2, 0) is 12.6 Å². The minimum Gasteiger partial charge on any atom is -0.371 e. The van der Waals surface area contributed by atoms with E-state index >= 15 is 0 Å². The fraction of sp³-hybridized carbons (Fsp3) is 0.286. The molecule has 0 unspecified atom stereocenters. The van der Waals surface area contributed by atoms with E-state index in [1.54, 1.807) is 0 Å². The van der Waals surface area contributed by atoms with Crippen molar-refractivity contribution in [2.75, 3.05) is 23.8 Å². The Morgan fingerprint density at radius 1 is 1.32 bits per heavy atom. The molecule has 8 heteroatoms. The second kappa shape index (κ2) is 5.28. The van der Waals surface area contributed by atoms with Crippen molar-refractivity contribution in [2.45, 2.75) is 12.6 Å². The highest BCUT2D eigenvalue weighted by atomic mass is 32.1. The molecule has 0 saturated carbocycles. The predicted octanol–water partition coefficient (Wildman–Crippen LogP) is 4.90. The van der Waals surface area contributed by atoms with Crippen molar-refractivity contribution in [1.82, 2.24) is 0 Å². The first kappa shape index (κ1) is 14.8. The highest BCUT2D eigenvalue weighted by molar-refractivity contribution is 7.20. The van der Waals surface area contributed by atoms with Crippen LogP contribution in [0, 0.1) is 4.91 Å². The number of halogens is 3. The van der Waals surface area contributed by atoms with Gasteiger partial charge in [-0.25, -0.2) is 0 Å². The number of fused-ring (bicyclic) bond motifs is 1. The Hall–Kier alpha value is -2.09. The van der Waals surface area contributed by atoms with Gasteiger partial charge in [-0.15, -0.1) is 4.91 Å². The summed E-state index contributed by atoms with van der Waals surface area (Å²) in [6.07, 6.45) is -3.76. The summed E-state index contributed by atoms with van der Waals surface area (Å²) in [5, 5.41) is 6.66. The van der Waals surface area contributed by atoms with Gasteiger partial charge in [0.15, 0.2) is 5.00 Å². The molecule has 0 amide bonds. The van der Waals surface area contributed by atoms with Gasteiger partial charge in [-0.1, -0.05) is 23.5 Å². The molecule has 1 aromatic carbocycles. The maximum Gasteiger partial charge on any atom is 0.418 e. The largest absolute Gasteiger partial charge is 0.418 e. The molecule has 1 aliphatic heterocycles. The van der Waals surface area contributed by atoms with Gasteiger partial charge in [-0.2, -0.15) is 13.2 Å². The van der Waals surface area contributed by atoms with Crippen molar-refractivity contribution in [1.29, 1.82) is 0 Å². The second-order valence-electron chi connectivity index (χ2n) is 4.99. The number of para-hydroxylation sites is 1. The number of hydrogen-bond donors (Lipinski definition) is 1. The third-order valence-corrected chi connectivity index (χ3v) is 4.62. The Morgan fingerprint density at radius 2 is 2.05 bits per heavy atom. The number of rotatable bonds is 3. The van der Waals surface area contributed by atoms with Crippen molar-refractivity contribution in [2.24, 2.45) is 5.18 Å². The average Bonchev–Trinajstić information content (AvgIpc) is 3.00. The smallest absolute Gasteiger partial charge is 0.371 e. The monoisotopic (exact) mass is 327 g/mol. The minimum absolute atomic E-state index is 0.0222. The van der Waals surface area contributed by atoms with E-state index < -0.39 is 11.7 Å². The number of nitroso groups, excluding NO2 is 1. The Balaban J connectivity index is 2.03. The lowest BCUT2D eigenvalue weighted by Gasteiger charge is -2.13. The van der Waals surface area contributed by atoms with Crippen LogP contribution < -0.4 is 10.2 Å². The predicted molar refractivity (Wildman–Crippen MR) is 81.5 cm³/mol. The van der Waals surface area contributed by atoms with Crippen LogP contribution in [0.5, 0.6) is 0 Å². The van der Waals surface area contributed by atoms with E-state index in [0.717, 1.165) is 29.5 Å². The van der Waals surface area contributed by atoms with Crippen molar-refractivity contribution in [3.63, 3.8) is 0 Å². The number of anilines is 3. The van der Waals surface area contributed by atoms with Crippen LogP contribution in [0.1, 0.15) is 11.1 Å². The number of hydrogen-bond acceptors (Lipinski definition) is 5. The number of alkyl halides is 3. The molecule has 4 nitrogen and oxygen atoms in total. The fourth-order valence-corrected chi connectivity index (χ4v) is 3.67. The van der Waals surface area contributed by atoms with Crippen LogP contribution >= 0.6 is 11.3 Å². The highest BCUT2D eigenvalue weighted by Gasteiger charge is 2.34. The van der Waals surface area contributed by atoms with Crippen LogP contribution in [0.2, 0.25) is 0 Å². The summed E-state index contributed by atoms with van der Waals surface area (Å²) in [7, 11) is 1.83. The molecule has 1 aliphatic rings. The van der Waals surface area contributed by atoms with Crippen molar-refractivity contribution in [3.05, 3.63) is 40.3 Å². The third kappa shape index (κ3) is 2.43. The first-order valence-corrected chi connectivity index (χ1v) is 7.37. The van der Waals surface area contributed by atoms with Crippen LogP contribution in [0.4, 0.5) is 34.5 Å². The molecule has 0 radical (unpaired) electrons. The van der Waals surface area contributed by atoms with Gasteiger partial charge in [0, 0.05) is 19.2 Å². The van der Waals surface area contributed by atoms with Crippen LogP contribution in [0.25, 0.3) is 0 Å². The first-order chi connectivity index (χ1) is 10.4. The standard InChI is InChI=1S/C14H12F3N3OS/c1-20-7-6-8-11(20)13(19-21)22-12(8)18-10-5-3-2-4-9(10)14(15,16)17/h2-5,18H,6-7H2,1H3. The van der Waals surface area contributed by atoms with Crippen LogP contribution in [-0.4, -0.2) is 13.6 Å². The summed E-state index contributed by atoms with van der Waals surface area (Å²) in [6.45, 7) is 0.719. The molecule has 2 heterocycles. The van der Waals surface area contributed by atoms with Gasteiger partial charge < -0.3 is 10.2 Å². The first-order valence-electron chi connectivity index (χ1n) is 6.55. The van der Waals surface area contributed by atoms with Crippen LogP contribution in [0.3, 0.4) is 0 Å². The van der Waals surface area contributed by atoms with Crippen LogP contribution in [0.15, 0.2) is 29.4 Å². The molecular formula is C14H12F3N3OS. The van der Waals surface area contributed by atoms with Crippen molar-refractivity contribution in [3.8, 4) is 0 Å². The molecule has 0 saturated heterocycles. The SMILES string of the molecule is CN1CCc2c(Nc3ccccc3C(F)(F)F)sc(N=O)c21. The summed E-state index contributed by atoms with van der Waals surface area (Å²) < 4.78 is 39.1. The summed E-state index contributed by atoms with van der Waals surface area (Å²) in [4.78, 5) is 12.8. The van der Waals surface area contributed by atoms with E-state index in [9.17, 15) is 18.1 Å². The zero-order valence-corrected chi connectivity index (χ0v) is 12.4. The Kier molecular flexibility index (Phi) is 3.56. The molecule has 0 atom stereocenters. The molecule has 116 valence electrons. The van der Waals surface area contributed by atoms with E-state index in [1.165, 1.54) is 18.2 Å². The summed E-state index contributed by atoms with van der Waals surface area (Å²) in [5.74, 6) is 0. The maximum atomic E-state index is 13.0. The highest BCUT2D eigenvalue weighted by Crippen LogP contribution is 2.50. The van der Waals surface area contributed by atoms with Crippen molar-refractivity contribution >= 4 is 32.7 Å². The van der Waals surface area contributed by atoms with E-state index in [2.05, 4.69) is 10.5 Å². The zero-order chi connectivity index (χ0) is 15.9. The topological polar surface area (TPSA) is 44.7 Å². The molecule has 1 N–H and O–H groups in total. The van der Waals surface area contributed by atoms with Gasteiger partial charge in [0.05, 0.1) is 16.9 Å². The molecule has 2 aromatic rings. The lowest BCUT2D eigenvalue weighted by atomic mass is 10.1. The number of benzene rings is 1. The number of nitrogens with zero attached hydrogens (tertiary/aromatic N) is 2. The lowest BCUT2D eigenvalue weighted by Crippen LogP contribution is -2.12. The Labute approximate surface area is 128 Å². The minimum atomic E-state index is -4.44. The fourth-order valence-electron chi connectivity index (χ4n) is 2.58. The van der Waals surface area contributed by atoms with Gasteiger partial charge in [0.1, 0.15) is 5.00 Å². The summed E-state index contributed by atoms with van der Waals surface area (Å²) in [6, 6.07) is 5.29. The van der Waals surface area contributed by atoms with E-state index in [4.69, 9.17) is 0 Å². The number of nitrogens with one attached hydrogen (secondary N) is 1. The summed E-state index contributed by atoms with van der Waals surface area (Å²) in [5.41, 5.74) is 0.807.